The quantitative estimate of drug-likeness (QED) is 0.235. The molecule has 4 aromatic rings. The smallest absolute Gasteiger partial charge is 0.275 e. The molecule has 176 valence electrons. The summed E-state index contributed by atoms with van der Waals surface area (Å²) < 4.78 is 11.6. The fraction of sp³-hybridized carbons (Fsp3) is 0.0741. The van der Waals surface area contributed by atoms with Gasteiger partial charge in [0.05, 0.1) is 23.4 Å². The van der Waals surface area contributed by atoms with Gasteiger partial charge in [-0.2, -0.15) is 5.10 Å². The van der Waals surface area contributed by atoms with E-state index in [1.54, 1.807) is 36.4 Å². The van der Waals surface area contributed by atoms with Gasteiger partial charge in [-0.05, 0) is 74.7 Å². The molecule has 2 N–H and O–H groups in total. The van der Waals surface area contributed by atoms with Crippen molar-refractivity contribution >= 4 is 50.4 Å². The normalized spacial score (nSPS) is 10.8. The van der Waals surface area contributed by atoms with Gasteiger partial charge >= 0.3 is 0 Å². The van der Waals surface area contributed by atoms with Gasteiger partial charge in [-0.25, -0.2) is 5.43 Å². The first-order valence-electron chi connectivity index (χ1n) is 10.7. The lowest BCUT2D eigenvalue weighted by atomic mass is 10.1. The summed E-state index contributed by atoms with van der Waals surface area (Å²) in [4.78, 5) is 24.8. The number of fused-ring (bicyclic) bond motifs is 1. The first-order valence-corrected chi connectivity index (χ1v) is 11.5. The topological polar surface area (TPSA) is 89.0 Å². The summed E-state index contributed by atoms with van der Waals surface area (Å²) >= 11 is 3.44. The molecule has 0 saturated carbocycles. The van der Waals surface area contributed by atoms with E-state index in [1.807, 2.05) is 48.5 Å². The van der Waals surface area contributed by atoms with Crippen molar-refractivity contribution in [2.24, 2.45) is 5.10 Å². The maximum Gasteiger partial charge on any atom is 0.275 e. The van der Waals surface area contributed by atoms with Crippen molar-refractivity contribution in [3.8, 4) is 11.5 Å². The Balaban J connectivity index is 1.36. The number of carbonyl (C=O) groups excluding carboxylic acids is 2. The van der Waals surface area contributed by atoms with E-state index in [9.17, 15) is 9.59 Å². The Hall–Kier alpha value is -4.17. The predicted octanol–water partition coefficient (Wildman–Crippen LogP) is 5.39. The molecule has 0 bridgehead atoms. The number of hydrogen-bond donors (Lipinski definition) is 2. The van der Waals surface area contributed by atoms with Gasteiger partial charge in [0.25, 0.3) is 11.8 Å². The van der Waals surface area contributed by atoms with Gasteiger partial charge < -0.3 is 14.8 Å². The molecular formula is C27H22BrN3O4. The van der Waals surface area contributed by atoms with Crippen LogP contribution in [0, 0.1) is 0 Å². The highest BCUT2D eigenvalue weighted by Gasteiger charge is 2.13. The number of benzene rings is 4. The van der Waals surface area contributed by atoms with Crippen LogP contribution < -0.4 is 20.2 Å². The van der Waals surface area contributed by atoms with Gasteiger partial charge in [0.1, 0.15) is 11.5 Å². The van der Waals surface area contributed by atoms with Crippen LogP contribution in [0.3, 0.4) is 0 Å². The van der Waals surface area contributed by atoms with Crippen LogP contribution in [-0.4, -0.2) is 31.7 Å². The minimum absolute atomic E-state index is 0.134. The molecule has 0 spiro atoms. The molecule has 2 amide bonds. The number of carbonyl (C=O) groups is 2. The summed E-state index contributed by atoms with van der Waals surface area (Å²) in [5.41, 5.74) is 4.36. The summed E-state index contributed by atoms with van der Waals surface area (Å²) in [5, 5.41) is 8.73. The number of rotatable bonds is 8. The number of halogens is 1. The minimum atomic E-state index is -0.382. The summed E-state index contributed by atoms with van der Waals surface area (Å²) in [6.07, 6.45) is 1.52. The van der Waals surface area contributed by atoms with E-state index in [0.717, 1.165) is 16.3 Å². The average molecular weight is 532 g/mol. The maximum atomic E-state index is 12.7. The largest absolute Gasteiger partial charge is 0.496 e. The number of hydrogen-bond acceptors (Lipinski definition) is 5. The molecular weight excluding hydrogens is 510 g/mol. The highest BCUT2D eigenvalue weighted by molar-refractivity contribution is 9.10. The van der Waals surface area contributed by atoms with Crippen LogP contribution in [0.25, 0.3) is 10.8 Å². The van der Waals surface area contributed by atoms with Gasteiger partial charge in [-0.15, -0.1) is 0 Å². The first kappa shape index (κ1) is 24.0. The van der Waals surface area contributed by atoms with Crippen LogP contribution in [0.2, 0.25) is 0 Å². The van der Waals surface area contributed by atoms with Crippen molar-refractivity contribution in [3.63, 3.8) is 0 Å². The Morgan fingerprint density at radius 1 is 0.914 bits per heavy atom. The van der Waals surface area contributed by atoms with E-state index in [-0.39, 0.29) is 18.4 Å². The standard InChI is InChI=1S/C27H22BrN3O4/c1-34-25-15-20-8-6-5-7-19(20)14-22(25)27(33)31-29-16-18-11-12-24(23(28)13-18)35-17-26(32)30-21-9-3-2-4-10-21/h2-16H,17H2,1H3,(H,30,32)(H,31,33)/b29-16-. The van der Waals surface area contributed by atoms with Crippen molar-refractivity contribution in [3.05, 3.63) is 101 Å². The zero-order chi connectivity index (χ0) is 24.6. The Morgan fingerprint density at radius 3 is 2.34 bits per heavy atom. The lowest BCUT2D eigenvalue weighted by Crippen LogP contribution is -2.20. The number of amides is 2. The fourth-order valence-electron chi connectivity index (χ4n) is 3.37. The summed E-state index contributed by atoms with van der Waals surface area (Å²) in [7, 11) is 1.52. The predicted molar refractivity (Wildman–Crippen MR) is 140 cm³/mol. The molecule has 0 radical (unpaired) electrons. The second-order valence-corrected chi connectivity index (χ2v) is 8.35. The van der Waals surface area contributed by atoms with Crippen LogP contribution in [-0.2, 0) is 4.79 Å². The molecule has 0 atom stereocenters. The van der Waals surface area contributed by atoms with Gasteiger partial charge in [-0.1, -0.05) is 42.5 Å². The summed E-state index contributed by atoms with van der Waals surface area (Å²) in [5.74, 6) is 0.333. The van der Waals surface area contributed by atoms with E-state index in [4.69, 9.17) is 9.47 Å². The van der Waals surface area contributed by atoms with Crippen LogP contribution in [0.15, 0.2) is 94.5 Å². The number of ether oxygens (including phenoxy) is 2. The van der Waals surface area contributed by atoms with Crippen molar-refractivity contribution < 1.29 is 19.1 Å². The number of nitrogens with zero attached hydrogens (tertiary/aromatic N) is 1. The third-order valence-electron chi connectivity index (χ3n) is 5.06. The molecule has 4 rings (SSSR count). The summed E-state index contributed by atoms with van der Waals surface area (Å²) in [6.45, 7) is -0.134. The zero-order valence-electron chi connectivity index (χ0n) is 18.8. The third-order valence-corrected chi connectivity index (χ3v) is 5.68. The number of anilines is 1. The van der Waals surface area contributed by atoms with Crippen LogP contribution in [0.5, 0.6) is 11.5 Å². The SMILES string of the molecule is COc1cc2ccccc2cc1C(=O)N/N=C\c1ccc(OCC(=O)Nc2ccccc2)c(Br)c1. The molecule has 0 unspecified atom stereocenters. The number of hydrazone groups is 1. The molecule has 0 aliphatic rings. The van der Waals surface area contributed by atoms with Crippen molar-refractivity contribution in [2.45, 2.75) is 0 Å². The molecule has 4 aromatic carbocycles. The van der Waals surface area contributed by atoms with E-state index in [0.29, 0.717) is 27.2 Å². The Bertz CT molecular complexity index is 1390. The maximum absolute atomic E-state index is 12.7. The van der Waals surface area contributed by atoms with E-state index in [2.05, 4.69) is 31.8 Å². The lowest BCUT2D eigenvalue weighted by molar-refractivity contribution is -0.118. The first-order chi connectivity index (χ1) is 17.0. The Morgan fingerprint density at radius 2 is 1.63 bits per heavy atom. The molecule has 8 heteroatoms. The summed E-state index contributed by atoms with van der Waals surface area (Å²) in [6, 6.07) is 25.7. The molecule has 0 aliphatic heterocycles. The molecule has 0 aliphatic carbocycles. The van der Waals surface area contributed by atoms with Crippen LogP contribution in [0.1, 0.15) is 15.9 Å². The van der Waals surface area contributed by atoms with E-state index in [1.165, 1.54) is 13.3 Å². The lowest BCUT2D eigenvalue weighted by Gasteiger charge is -2.10. The molecule has 0 aromatic heterocycles. The molecule has 0 saturated heterocycles. The molecule has 35 heavy (non-hydrogen) atoms. The number of nitrogens with one attached hydrogen (secondary N) is 2. The Kier molecular flexibility index (Phi) is 7.74. The Labute approximate surface area is 210 Å². The third kappa shape index (κ3) is 6.24. The average Bonchev–Trinajstić information content (AvgIpc) is 2.88. The zero-order valence-corrected chi connectivity index (χ0v) is 20.4. The highest BCUT2D eigenvalue weighted by Crippen LogP contribution is 2.27. The number of methoxy groups -OCH3 is 1. The minimum Gasteiger partial charge on any atom is -0.496 e. The van der Waals surface area contributed by atoms with Crippen molar-refractivity contribution in [1.29, 1.82) is 0 Å². The van der Waals surface area contributed by atoms with Crippen LogP contribution in [0.4, 0.5) is 5.69 Å². The molecule has 0 heterocycles. The second kappa shape index (κ2) is 11.3. The molecule has 0 fully saturated rings. The van der Waals surface area contributed by atoms with Gasteiger partial charge in [0, 0.05) is 5.69 Å². The monoisotopic (exact) mass is 531 g/mol. The second-order valence-electron chi connectivity index (χ2n) is 7.49. The van der Waals surface area contributed by atoms with Crippen molar-refractivity contribution in [2.75, 3.05) is 19.0 Å². The van der Waals surface area contributed by atoms with E-state index < -0.39 is 0 Å². The van der Waals surface area contributed by atoms with Crippen molar-refractivity contribution in [1.82, 2.24) is 5.43 Å². The fourth-order valence-corrected chi connectivity index (χ4v) is 3.88. The highest BCUT2D eigenvalue weighted by atomic mass is 79.9. The number of para-hydroxylation sites is 1. The van der Waals surface area contributed by atoms with E-state index >= 15 is 0 Å². The van der Waals surface area contributed by atoms with Crippen LogP contribution >= 0.6 is 15.9 Å². The van der Waals surface area contributed by atoms with Gasteiger partial charge in [-0.3, -0.25) is 9.59 Å². The van der Waals surface area contributed by atoms with Gasteiger partial charge in [0.2, 0.25) is 0 Å². The molecule has 7 nitrogen and oxygen atoms in total. The van der Waals surface area contributed by atoms with Gasteiger partial charge in [0.15, 0.2) is 6.61 Å².